The second-order valence-electron chi connectivity index (χ2n) is 4.90. The summed E-state index contributed by atoms with van der Waals surface area (Å²) in [6, 6.07) is 1.74. The Labute approximate surface area is 116 Å². The molecule has 1 atom stereocenters. The topological polar surface area (TPSA) is 76.0 Å². The smallest absolute Gasteiger partial charge is 0.258 e. The van der Waals surface area contributed by atoms with Crippen LogP contribution in [-0.4, -0.2) is 50.5 Å². The summed E-state index contributed by atoms with van der Waals surface area (Å²) in [4.78, 5) is 14.5. The van der Waals surface area contributed by atoms with Crippen molar-refractivity contribution < 1.29 is 9.53 Å². The van der Waals surface area contributed by atoms with Crippen LogP contribution in [0.25, 0.3) is 0 Å². The van der Waals surface area contributed by atoms with Gasteiger partial charge in [-0.3, -0.25) is 14.6 Å². The zero-order chi connectivity index (χ0) is 14.1. The van der Waals surface area contributed by atoms with Crippen LogP contribution in [0.3, 0.4) is 0 Å². The van der Waals surface area contributed by atoms with Crippen molar-refractivity contribution in [3.63, 3.8) is 0 Å². The third-order valence-electron chi connectivity index (χ3n) is 3.51. The Morgan fingerprint density at radius 2 is 2.40 bits per heavy atom. The van der Waals surface area contributed by atoms with E-state index < -0.39 is 0 Å². The van der Waals surface area contributed by atoms with Crippen molar-refractivity contribution in [2.45, 2.75) is 13.0 Å². The number of rotatable bonds is 2. The molecule has 3 rings (SSSR count). The largest absolute Gasteiger partial charge is 0.377 e. The molecule has 106 valence electrons. The monoisotopic (exact) mass is 275 g/mol. The van der Waals surface area contributed by atoms with E-state index in [4.69, 9.17) is 4.74 Å². The molecule has 0 aliphatic carbocycles. The summed E-state index contributed by atoms with van der Waals surface area (Å²) in [5.74, 6) is -0.0153. The van der Waals surface area contributed by atoms with E-state index in [1.807, 2.05) is 24.9 Å². The van der Waals surface area contributed by atoms with Gasteiger partial charge in [-0.05, 0) is 13.0 Å². The van der Waals surface area contributed by atoms with Crippen LogP contribution in [0.15, 0.2) is 18.5 Å². The van der Waals surface area contributed by atoms with Gasteiger partial charge in [0.1, 0.15) is 0 Å². The third-order valence-corrected chi connectivity index (χ3v) is 3.51. The van der Waals surface area contributed by atoms with Crippen LogP contribution >= 0.6 is 0 Å². The lowest BCUT2D eigenvalue weighted by Crippen LogP contribution is -2.43. The van der Waals surface area contributed by atoms with E-state index >= 15 is 0 Å². The maximum atomic E-state index is 12.7. The Balaban J connectivity index is 1.90. The van der Waals surface area contributed by atoms with Gasteiger partial charge >= 0.3 is 0 Å². The van der Waals surface area contributed by atoms with Gasteiger partial charge in [0, 0.05) is 26.0 Å². The first-order valence-corrected chi connectivity index (χ1v) is 6.55. The van der Waals surface area contributed by atoms with Crippen LogP contribution in [0.1, 0.15) is 27.8 Å². The molecule has 0 aromatic carbocycles. The summed E-state index contributed by atoms with van der Waals surface area (Å²) in [6.45, 7) is 3.44. The number of nitrogens with one attached hydrogen (secondary N) is 1. The summed E-state index contributed by atoms with van der Waals surface area (Å²) < 4.78 is 7.16. The second-order valence-corrected chi connectivity index (χ2v) is 4.90. The molecule has 7 heteroatoms. The molecule has 20 heavy (non-hydrogen) atoms. The van der Waals surface area contributed by atoms with Crippen molar-refractivity contribution in [1.82, 2.24) is 24.9 Å². The predicted octanol–water partition coefficient (Wildman–Crippen LogP) is 0.665. The minimum atomic E-state index is -0.127. The molecule has 1 aliphatic heterocycles. The lowest BCUT2D eigenvalue weighted by Gasteiger charge is -2.34. The summed E-state index contributed by atoms with van der Waals surface area (Å²) in [5.41, 5.74) is 2.27. The highest BCUT2D eigenvalue weighted by atomic mass is 16.5. The molecule has 3 heterocycles. The number of ether oxygens (including phenoxy) is 1. The normalized spacial score (nSPS) is 19.3. The number of aromatic amines is 1. The van der Waals surface area contributed by atoms with Gasteiger partial charge < -0.3 is 9.64 Å². The van der Waals surface area contributed by atoms with Crippen LogP contribution < -0.4 is 0 Å². The number of carbonyl (C=O) groups is 1. The fraction of sp³-hybridized carbons (Fsp3) is 0.462. The molecule has 2 aromatic rings. The van der Waals surface area contributed by atoms with E-state index in [0.29, 0.717) is 25.3 Å². The van der Waals surface area contributed by atoms with Crippen LogP contribution in [-0.2, 0) is 11.8 Å². The van der Waals surface area contributed by atoms with Crippen molar-refractivity contribution in [3.05, 3.63) is 35.4 Å². The molecular weight excluding hydrogens is 258 g/mol. The number of hydrogen-bond acceptors (Lipinski definition) is 4. The minimum Gasteiger partial charge on any atom is -0.377 e. The lowest BCUT2D eigenvalue weighted by molar-refractivity contribution is -0.00395. The number of carbonyl (C=O) groups excluding carboxylic acids is 1. The maximum Gasteiger partial charge on any atom is 0.258 e. The second kappa shape index (κ2) is 5.09. The molecule has 0 saturated carbocycles. The number of amides is 1. The Hall–Kier alpha value is -2.15. The fourth-order valence-corrected chi connectivity index (χ4v) is 2.52. The molecular formula is C13H17N5O2. The van der Waals surface area contributed by atoms with E-state index in [2.05, 4.69) is 15.3 Å². The summed E-state index contributed by atoms with van der Waals surface area (Å²) in [5, 5.41) is 11.1. The molecule has 0 radical (unpaired) electrons. The van der Waals surface area contributed by atoms with Crippen LogP contribution in [0.2, 0.25) is 0 Å². The van der Waals surface area contributed by atoms with Crippen molar-refractivity contribution in [2.75, 3.05) is 19.8 Å². The minimum absolute atomic E-state index is 0.0153. The number of hydrogen-bond donors (Lipinski definition) is 1. The first-order valence-electron chi connectivity index (χ1n) is 6.55. The van der Waals surface area contributed by atoms with E-state index in [9.17, 15) is 4.79 Å². The van der Waals surface area contributed by atoms with Gasteiger partial charge in [0.25, 0.3) is 5.91 Å². The van der Waals surface area contributed by atoms with Crippen LogP contribution in [0, 0.1) is 6.92 Å². The first kappa shape index (κ1) is 12.9. The van der Waals surface area contributed by atoms with Crippen molar-refractivity contribution in [2.24, 2.45) is 7.05 Å². The predicted molar refractivity (Wildman–Crippen MR) is 71.1 cm³/mol. The number of aromatic nitrogens is 4. The van der Waals surface area contributed by atoms with Gasteiger partial charge in [-0.25, -0.2) is 0 Å². The molecule has 1 saturated heterocycles. The van der Waals surface area contributed by atoms with E-state index in [0.717, 1.165) is 11.4 Å². The van der Waals surface area contributed by atoms with Gasteiger partial charge in [-0.15, -0.1) is 0 Å². The summed E-state index contributed by atoms with van der Waals surface area (Å²) >= 11 is 0. The maximum absolute atomic E-state index is 12.7. The standard InChI is InChI=1S/C13H17N5O2/c1-9-10(7-17(2)16-9)13(19)18-5-6-20-8-12(18)11-3-4-14-15-11/h3-4,7,12H,5-6,8H2,1-2H3,(H,14,15)/t12-/m0/s1. The first-order chi connectivity index (χ1) is 9.66. The van der Waals surface area contributed by atoms with E-state index in [1.54, 1.807) is 17.1 Å². The average Bonchev–Trinajstić information content (AvgIpc) is 3.07. The Bertz CT molecular complexity index is 604. The summed E-state index contributed by atoms with van der Waals surface area (Å²) in [7, 11) is 1.81. The molecule has 1 fully saturated rings. The SMILES string of the molecule is Cc1nn(C)cc1C(=O)N1CCOC[C@H]1c1ccn[nH]1. The van der Waals surface area contributed by atoms with Gasteiger partial charge in [0.15, 0.2) is 0 Å². The molecule has 1 N–H and O–H groups in total. The summed E-state index contributed by atoms with van der Waals surface area (Å²) in [6.07, 6.45) is 3.44. The molecule has 2 aromatic heterocycles. The van der Waals surface area contributed by atoms with Crippen molar-refractivity contribution in [1.29, 1.82) is 0 Å². The highest BCUT2D eigenvalue weighted by Crippen LogP contribution is 2.24. The molecule has 0 unspecified atom stereocenters. The highest BCUT2D eigenvalue weighted by molar-refractivity contribution is 5.95. The highest BCUT2D eigenvalue weighted by Gasteiger charge is 2.31. The Morgan fingerprint density at radius 3 is 3.05 bits per heavy atom. The quantitative estimate of drug-likeness (QED) is 0.873. The molecule has 0 spiro atoms. The van der Waals surface area contributed by atoms with Gasteiger partial charge in [0.05, 0.1) is 36.2 Å². The van der Waals surface area contributed by atoms with Gasteiger partial charge in [0.2, 0.25) is 0 Å². The zero-order valence-corrected chi connectivity index (χ0v) is 11.5. The number of morpholine rings is 1. The fourth-order valence-electron chi connectivity index (χ4n) is 2.52. The molecule has 7 nitrogen and oxygen atoms in total. The van der Waals surface area contributed by atoms with Gasteiger partial charge in [-0.1, -0.05) is 0 Å². The number of nitrogens with zero attached hydrogens (tertiary/aromatic N) is 4. The number of aryl methyl sites for hydroxylation is 2. The number of H-pyrrole nitrogens is 1. The zero-order valence-electron chi connectivity index (χ0n) is 11.5. The molecule has 1 amide bonds. The van der Waals surface area contributed by atoms with Crippen molar-refractivity contribution in [3.8, 4) is 0 Å². The van der Waals surface area contributed by atoms with Crippen LogP contribution in [0.4, 0.5) is 0 Å². The molecule has 0 bridgehead atoms. The third kappa shape index (κ3) is 2.20. The van der Waals surface area contributed by atoms with Gasteiger partial charge in [-0.2, -0.15) is 10.2 Å². The molecule has 1 aliphatic rings. The van der Waals surface area contributed by atoms with Crippen LogP contribution in [0.5, 0.6) is 0 Å². The van der Waals surface area contributed by atoms with E-state index in [1.165, 1.54) is 0 Å². The Morgan fingerprint density at radius 1 is 1.55 bits per heavy atom. The van der Waals surface area contributed by atoms with E-state index in [-0.39, 0.29) is 11.9 Å². The Kier molecular flexibility index (Phi) is 3.27. The average molecular weight is 275 g/mol. The lowest BCUT2D eigenvalue weighted by atomic mass is 10.1. The van der Waals surface area contributed by atoms with Crippen molar-refractivity contribution >= 4 is 5.91 Å².